The second kappa shape index (κ2) is 8.40. The summed E-state index contributed by atoms with van der Waals surface area (Å²) in [5, 5.41) is 20.4. The molecule has 5 rings (SSSR count). The van der Waals surface area contributed by atoms with Gasteiger partial charge in [-0.2, -0.15) is 0 Å². The molecule has 1 N–H and O–H groups in total. The smallest absolute Gasteiger partial charge is 0.336 e. The highest BCUT2D eigenvalue weighted by molar-refractivity contribution is 7.98. The Bertz CT molecular complexity index is 1620. The van der Waals surface area contributed by atoms with Crippen LogP contribution in [-0.4, -0.2) is 24.3 Å². The zero-order valence-electron chi connectivity index (χ0n) is 18.2. The molecule has 5 aromatic rings. The molecule has 0 saturated carbocycles. The van der Waals surface area contributed by atoms with Gasteiger partial charge in [-0.1, -0.05) is 37.7 Å². The van der Waals surface area contributed by atoms with Gasteiger partial charge in [-0.3, -0.25) is 13.8 Å². The Morgan fingerprint density at radius 2 is 1.88 bits per heavy atom. The fraction of sp³-hybridized carbons (Fsp3) is 0.250. The number of phenols is 1. The standard InChI is InChI=1S/C24H22N4O4S/c1-14(2)9-10-27-22(31)18-5-3-4-6-19(18)28-23(27)25-26-24(28)33-13-15-11-21(30)32-20-12-16(29)7-8-17(15)20/h3-8,11-12,14,29H,9-10,13H2,1-2H3. The van der Waals surface area contributed by atoms with Crippen LogP contribution in [0.4, 0.5) is 0 Å². The number of aromatic nitrogens is 4. The van der Waals surface area contributed by atoms with E-state index in [-0.39, 0.29) is 11.3 Å². The number of phenolic OH excluding ortho intramolecular Hbond substituents is 1. The molecule has 9 heteroatoms. The Kier molecular flexibility index (Phi) is 5.41. The number of hydrogen-bond donors (Lipinski definition) is 1. The van der Waals surface area contributed by atoms with Crippen LogP contribution >= 0.6 is 11.8 Å². The first-order valence-electron chi connectivity index (χ1n) is 10.7. The van der Waals surface area contributed by atoms with Crippen LogP contribution in [0.2, 0.25) is 0 Å². The first-order chi connectivity index (χ1) is 15.9. The molecular formula is C24H22N4O4S. The lowest BCUT2D eigenvalue weighted by Crippen LogP contribution is -2.24. The quantitative estimate of drug-likeness (QED) is 0.298. The number of thioether (sulfide) groups is 1. The summed E-state index contributed by atoms with van der Waals surface area (Å²) in [6.45, 7) is 4.80. The molecule has 0 aliphatic rings. The lowest BCUT2D eigenvalue weighted by Gasteiger charge is -2.12. The molecule has 0 bridgehead atoms. The van der Waals surface area contributed by atoms with Crippen molar-refractivity contribution in [3.05, 3.63) is 74.9 Å². The molecular weight excluding hydrogens is 440 g/mol. The molecule has 0 radical (unpaired) electrons. The minimum absolute atomic E-state index is 0.0322. The van der Waals surface area contributed by atoms with Crippen LogP contribution < -0.4 is 11.2 Å². The van der Waals surface area contributed by atoms with Crippen molar-refractivity contribution in [2.24, 2.45) is 5.92 Å². The summed E-state index contributed by atoms with van der Waals surface area (Å²) in [6, 6.07) is 13.6. The fourth-order valence-corrected chi connectivity index (χ4v) is 4.83. The molecule has 3 heterocycles. The first kappa shape index (κ1) is 21.3. The summed E-state index contributed by atoms with van der Waals surface area (Å²) in [6.07, 6.45) is 0.849. The molecule has 33 heavy (non-hydrogen) atoms. The predicted molar refractivity (Wildman–Crippen MR) is 128 cm³/mol. The normalized spacial score (nSPS) is 11.8. The van der Waals surface area contributed by atoms with Gasteiger partial charge in [0, 0.05) is 29.8 Å². The number of aryl methyl sites for hydroxylation is 1. The predicted octanol–water partition coefficient (Wildman–Crippen LogP) is 4.19. The number of rotatable bonds is 6. The van der Waals surface area contributed by atoms with Crippen molar-refractivity contribution in [1.82, 2.24) is 19.2 Å². The Labute approximate surface area is 192 Å². The third-order valence-electron chi connectivity index (χ3n) is 5.58. The summed E-state index contributed by atoms with van der Waals surface area (Å²) in [5.74, 6) is 1.42. The van der Waals surface area contributed by atoms with Gasteiger partial charge < -0.3 is 9.52 Å². The maximum Gasteiger partial charge on any atom is 0.336 e. The molecule has 0 aliphatic heterocycles. The van der Waals surface area contributed by atoms with E-state index in [1.807, 2.05) is 28.7 Å². The number of para-hydroxylation sites is 1. The average Bonchev–Trinajstić information content (AvgIpc) is 3.20. The molecule has 0 aliphatic carbocycles. The van der Waals surface area contributed by atoms with Crippen LogP contribution in [0.5, 0.6) is 5.75 Å². The third kappa shape index (κ3) is 3.89. The summed E-state index contributed by atoms with van der Waals surface area (Å²) >= 11 is 1.42. The number of fused-ring (bicyclic) bond motifs is 4. The van der Waals surface area contributed by atoms with E-state index in [1.54, 1.807) is 16.7 Å². The maximum atomic E-state index is 13.2. The number of hydrogen-bond acceptors (Lipinski definition) is 7. The molecule has 0 unspecified atom stereocenters. The van der Waals surface area contributed by atoms with Crippen molar-refractivity contribution in [2.45, 2.75) is 37.7 Å². The monoisotopic (exact) mass is 462 g/mol. The molecule has 0 saturated heterocycles. The molecule has 168 valence electrons. The zero-order chi connectivity index (χ0) is 23.1. The van der Waals surface area contributed by atoms with Crippen LogP contribution in [0.15, 0.2) is 67.7 Å². The summed E-state index contributed by atoms with van der Waals surface area (Å²) < 4.78 is 8.82. The molecule has 0 fully saturated rings. The zero-order valence-corrected chi connectivity index (χ0v) is 19.0. The molecule has 0 spiro atoms. The number of nitrogens with zero attached hydrogens (tertiary/aromatic N) is 4. The van der Waals surface area contributed by atoms with Gasteiger partial charge in [-0.05, 0) is 42.2 Å². The van der Waals surface area contributed by atoms with E-state index in [9.17, 15) is 14.7 Å². The van der Waals surface area contributed by atoms with E-state index in [1.165, 1.54) is 23.9 Å². The van der Waals surface area contributed by atoms with E-state index >= 15 is 0 Å². The highest BCUT2D eigenvalue weighted by atomic mass is 32.2. The van der Waals surface area contributed by atoms with Crippen molar-refractivity contribution in [3.63, 3.8) is 0 Å². The summed E-state index contributed by atoms with van der Waals surface area (Å²) in [5.41, 5.74) is 1.28. The highest BCUT2D eigenvalue weighted by Gasteiger charge is 2.17. The van der Waals surface area contributed by atoms with Gasteiger partial charge in [0.2, 0.25) is 5.78 Å². The topological polar surface area (TPSA) is 103 Å². The summed E-state index contributed by atoms with van der Waals surface area (Å²) in [7, 11) is 0. The Balaban J connectivity index is 1.61. The van der Waals surface area contributed by atoms with Crippen molar-refractivity contribution in [3.8, 4) is 5.75 Å². The summed E-state index contributed by atoms with van der Waals surface area (Å²) in [4.78, 5) is 25.2. The van der Waals surface area contributed by atoms with Gasteiger partial charge in [0.15, 0.2) is 5.16 Å². The van der Waals surface area contributed by atoms with Gasteiger partial charge in [0.05, 0.1) is 10.9 Å². The van der Waals surface area contributed by atoms with E-state index in [0.717, 1.165) is 22.9 Å². The largest absolute Gasteiger partial charge is 0.508 e. The molecule has 0 atom stereocenters. The van der Waals surface area contributed by atoms with Crippen LogP contribution in [0.3, 0.4) is 0 Å². The van der Waals surface area contributed by atoms with Crippen molar-refractivity contribution >= 4 is 39.4 Å². The van der Waals surface area contributed by atoms with Crippen LogP contribution in [0.25, 0.3) is 27.6 Å². The lowest BCUT2D eigenvalue weighted by atomic mass is 10.1. The average molecular weight is 463 g/mol. The number of benzene rings is 2. The van der Waals surface area contributed by atoms with E-state index in [4.69, 9.17) is 4.42 Å². The Morgan fingerprint density at radius 3 is 2.70 bits per heavy atom. The third-order valence-corrected chi connectivity index (χ3v) is 6.56. The number of aromatic hydroxyl groups is 1. The second-order valence-electron chi connectivity index (χ2n) is 8.33. The second-order valence-corrected chi connectivity index (χ2v) is 9.28. The van der Waals surface area contributed by atoms with Gasteiger partial charge in [-0.15, -0.1) is 10.2 Å². The Hall–Kier alpha value is -3.59. The highest BCUT2D eigenvalue weighted by Crippen LogP contribution is 2.29. The SMILES string of the molecule is CC(C)CCn1c(=O)c2ccccc2n2c(SCc3cc(=O)oc4cc(O)ccc34)nnc12. The van der Waals surface area contributed by atoms with E-state index < -0.39 is 5.63 Å². The van der Waals surface area contributed by atoms with Crippen LogP contribution in [0.1, 0.15) is 25.8 Å². The first-order valence-corrected chi connectivity index (χ1v) is 11.7. The Morgan fingerprint density at radius 1 is 1.06 bits per heavy atom. The van der Waals surface area contributed by atoms with E-state index in [2.05, 4.69) is 24.0 Å². The fourth-order valence-electron chi connectivity index (χ4n) is 3.90. The van der Waals surface area contributed by atoms with Gasteiger partial charge in [0.1, 0.15) is 11.3 Å². The van der Waals surface area contributed by atoms with Gasteiger partial charge in [0.25, 0.3) is 5.56 Å². The molecule has 3 aromatic heterocycles. The minimum Gasteiger partial charge on any atom is -0.508 e. The van der Waals surface area contributed by atoms with E-state index in [0.29, 0.717) is 40.1 Å². The molecule has 0 amide bonds. The molecule has 2 aromatic carbocycles. The minimum atomic E-state index is -0.484. The van der Waals surface area contributed by atoms with Crippen LogP contribution in [-0.2, 0) is 12.3 Å². The lowest BCUT2D eigenvalue weighted by molar-refractivity contribution is 0.473. The van der Waals surface area contributed by atoms with Crippen molar-refractivity contribution < 1.29 is 9.52 Å². The van der Waals surface area contributed by atoms with Crippen molar-refractivity contribution in [1.29, 1.82) is 0 Å². The van der Waals surface area contributed by atoms with Crippen molar-refractivity contribution in [2.75, 3.05) is 0 Å². The van der Waals surface area contributed by atoms with Gasteiger partial charge >= 0.3 is 5.63 Å². The molecule has 8 nitrogen and oxygen atoms in total. The van der Waals surface area contributed by atoms with Crippen LogP contribution in [0, 0.1) is 5.92 Å². The van der Waals surface area contributed by atoms with Gasteiger partial charge in [-0.25, -0.2) is 4.79 Å². The maximum absolute atomic E-state index is 13.2.